The zero-order chi connectivity index (χ0) is 24.4. The highest BCUT2D eigenvalue weighted by Gasteiger charge is 2.45. The number of furan rings is 1. The monoisotopic (exact) mass is 470 g/mol. The van der Waals surface area contributed by atoms with Crippen molar-refractivity contribution in [1.29, 1.82) is 0 Å². The van der Waals surface area contributed by atoms with Gasteiger partial charge < -0.3 is 14.4 Å². The Balaban J connectivity index is 1.41. The third kappa shape index (κ3) is 4.61. The van der Waals surface area contributed by atoms with Gasteiger partial charge in [0.05, 0.1) is 11.8 Å². The summed E-state index contributed by atoms with van der Waals surface area (Å²) < 4.78 is 5.64. The Hall–Kier alpha value is -3.80. The molecule has 1 aromatic heterocycles. The Morgan fingerprint density at radius 3 is 2.31 bits per heavy atom. The van der Waals surface area contributed by atoms with Gasteiger partial charge in [-0.05, 0) is 67.1 Å². The molecule has 6 nitrogen and oxygen atoms in total. The van der Waals surface area contributed by atoms with Crippen molar-refractivity contribution >= 4 is 23.1 Å². The maximum Gasteiger partial charge on any atom is 0.294 e. The maximum absolute atomic E-state index is 13.3. The van der Waals surface area contributed by atoms with Crippen LogP contribution in [0.2, 0.25) is 0 Å². The number of Topliss-reactive ketones (excluding diaryl/α,β-unsaturated/α-hetero) is 1. The number of ketones is 1. The lowest BCUT2D eigenvalue weighted by Gasteiger charge is -2.32. The number of piperidine rings is 1. The van der Waals surface area contributed by atoms with Gasteiger partial charge in [0.1, 0.15) is 11.8 Å². The van der Waals surface area contributed by atoms with Gasteiger partial charge in [-0.2, -0.15) is 0 Å². The van der Waals surface area contributed by atoms with E-state index in [2.05, 4.69) is 11.8 Å². The number of aliphatic hydroxyl groups excluding tert-OH is 1. The SMILES string of the molecule is CC1CCN(c2ccc(N3C(=O)C(O)=C(C(=O)CCc4ccccc4)C3c3ccco3)cc2)CC1. The van der Waals surface area contributed by atoms with Crippen LogP contribution in [0.25, 0.3) is 0 Å². The fraction of sp³-hybridized carbons (Fsp3) is 0.310. The molecule has 0 bridgehead atoms. The fourth-order valence-corrected chi connectivity index (χ4v) is 5.00. The van der Waals surface area contributed by atoms with Crippen LogP contribution in [0.5, 0.6) is 0 Å². The summed E-state index contributed by atoms with van der Waals surface area (Å²) in [6.45, 7) is 4.31. The highest BCUT2D eigenvalue weighted by Crippen LogP contribution is 2.42. The Kier molecular flexibility index (Phi) is 6.45. The Morgan fingerprint density at radius 1 is 0.971 bits per heavy atom. The maximum atomic E-state index is 13.3. The van der Waals surface area contributed by atoms with E-state index in [-0.39, 0.29) is 17.8 Å². The molecule has 1 saturated heterocycles. The minimum Gasteiger partial charge on any atom is -0.503 e. The van der Waals surface area contributed by atoms with Crippen molar-refractivity contribution in [2.75, 3.05) is 22.9 Å². The van der Waals surface area contributed by atoms with Crippen LogP contribution in [0.1, 0.15) is 43.6 Å². The van der Waals surface area contributed by atoms with Gasteiger partial charge >= 0.3 is 0 Å². The van der Waals surface area contributed by atoms with Gasteiger partial charge in [-0.15, -0.1) is 0 Å². The lowest BCUT2D eigenvalue weighted by Crippen LogP contribution is -2.33. The van der Waals surface area contributed by atoms with E-state index in [0.29, 0.717) is 17.9 Å². The molecule has 0 radical (unpaired) electrons. The van der Waals surface area contributed by atoms with Crippen LogP contribution in [0.3, 0.4) is 0 Å². The molecule has 2 aliphatic rings. The van der Waals surface area contributed by atoms with Crippen molar-refractivity contribution < 1.29 is 19.1 Å². The van der Waals surface area contributed by atoms with Crippen LogP contribution in [0, 0.1) is 5.92 Å². The normalized spacial score (nSPS) is 19.0. The van der Waals surface area contributed by atoms with E-state index >= 15 is 0 Å². The molecule has 180 valence electrons. The number of benzene rings is 2. The lowest BCUT2D eigenvalue weighted by molar-refractivity contribution is -0.118. The summed E-state index contributed by atoms with van der Waals surface area (Å²) in [4.78, 5) is 30.4. The average molecular weight is 471 g/mol. The first-order valence-corrected chi connectivity index (χ1v) is 12.2. The average Bonchev–Trinajstić information content (AvgIpc) is 3.51. The number of aliphatic hydroxyl groups is 1. The second-order valence-electron chi connectivity index (χ2n) is 9.45. The second-order valence-corrected chi connectivity index (χ2v) is 9.45. The van der Waals surface area contributed by atoms with Crippen LogP contribution in [-0.4, -0.2) is 29.9 Å². The van der Waals surface area contributed by atoms with Crippen LogP contribution < -0.4 is 9.80 Å². The highest BCUT2D eigenvalue weighted by atomic mass is 16.3. The molecule has 1 amide bonds. The molecular weight excluding hydrogens is 440 g/mol. The molecule has 1 atom stereocenters. The summed E-state index contributed by atoms with van der Waals surface area (Å²) >= 11 is 0. The Morgan fingerprint density at radius 2 is 1.66 bits per heavy atom. The van der Waals surface area contributed by atoms with Crippen molar-refractivity contribution in [2.45, 2.75) is 38.6 Å². The number of hydrogen-bond donors (Lipinski definition) is 1. The predicted octanol–water partition coefficient (Wildman–Crippen LogP) is 5.62. The third-order valence-corrected chi connectivity index (χ3v) is 7.08. The molecule has 5 rings (SSSR count). The number of anilines is 2. The summed E-state index contributed by atoms with van der Waals surface area (Å²) in [6, 6.07) is 20.1. The van der Waals surface area contributed by atoms with E-state index in [1.165, 1.54) is 24.0 Å². The third-order valence-electron chi connectivity index (χ3n) is 7.08. The van der Waals surface area contributed by atoms with Gasteiger partial charge in [0.15, 0.2) is 11.5 Å². The molecular formula is C29H30N2O4. The number of aryl methyl sites for hydroxylation is 1. The highest BCUT2D eigenvalue weighted by molar-refractivity contribution is 6.16. The predicted molar refractivity (Wildman–Crippen MR) is 135 cm³/mol. The molecule has 1 unspecified atom stereocenters. The molecule has 1 N–H and O–H groups in total. The Labute approximate surface area is 205 Å². The number of hydrogen-bond acceptors (Lipinski definition) is 5. The van der Waals surface area contributed by atoms with E-state index in [4.69, 9.17) is 4.42 Å². The minimum absolute atomic E-state index is 0.0926. The number of amides is 1. The first-order chi connectivity index (χ1) is 17.0. The summed E-state index contributed by atoms with van der Waals surface area (Å²) in [5.41, 5.74) is 2.84. The van der Waals surface area contributed by atoms with Gasteiger partial charge in [-0.3, -0.25) is 14.5 Å². The Bertz CT molecular complexity index is 1210. The topological polar surface area (TPSA) is 74.0 Å². The molecule has 1 fully saturated rings. The van der Waals surface area contributed by atoms with Gasteiger partial charge in [0, 0.05) is 30.9 Å². The first-order valence-electron chi connectivity index (χ1n) is 12.2. The molecule has 0 aliphatic carbocycles. The first kappa shape index (κ1) is 23.0. The molecule has 35 heavy (non-hydrogen) atoms. The number of rotatable bonds is 7. The van der Waals surface area contributed by atoms with Crippen molar-refractivity contribution in [3.63, 3.8) is 0 Å². The molecule has 2 aromatic carbocycles. The molecule has 0 spiro atoms. The smallest absolute Gasteiger partial charge is 0.294 e. The van der Waals surface area contributed by atoms with Gasteiger partial charge in [0.2, 0.25) is 0 Å². The van der Waals surface area contributed by atoms with E-state index in [9.17, 15) is 14.7 Å². The molecule has 6 heteroatoms. The second kappa shape index (κ2) is 9.82. The molecule has 2 aliphatic heterocycles. The van der Waals surface area contributed by atoms with E-state index in [1.54, 1.807) is 12.1 Å². The fourth-order valence-electron chi connectivity index (χ4n) is 5.00. The number of carbonyl (C=O) groups excluding carboxylic acids is 2. The lowest BCUT2D eigenvalue weighted by atomic mass is 9.96. The van der Waals surface area contributed by atoms with Crippen molar-refractivity contribution in [2.24, 2.45) is 5.92 Å². The summed E-state index contributed by atoms with van der Waals surface area (Å²) in [6.07, 6.45) is 4.56. The van der Waals surface area contributed by atoms with Gasteiger partial charge in [-0.1, -0.05) is 37.3 Å². The van der Waals surface area contributed by atoms with Crippen molar-refractivity contribution in [3.8, 4) is 0 Å². The van der Waals surface area contributed by atoms with E-state index in [0.717, 1.165) is 30.3 Å². The van der Waals surface area contributed by atoms with Gasteiger partial charge in [0.25, 0.3) is 5.91 Å². The van der Waals surface area contributed by atoms with Crippen LogP contribution in [-0.2, 0) is 16.0 Å². The van der Waals surface area contributed by atoms with E-state index < -0.39 is 17.7 Å². The largest absolute Gasteiger partial charge is 0.503 e. The van der Waals surface area contributed by atoms with E-state index in [1.807, 2.05) is 54.6 Å². The zero-order valence-corrected chi connectivity index (χ0v) is 19.9. The van der Waals surface area contributed by atoms with Crippen LogP contribution >= 0.6 is 0 Å². The van der Waals surface area contributed by atoms with Crippen LogP contribution in [0.4, 0.5) is 11.4 Å². The summed E-state index contributed by atoms with van der Waals surface area (Å²) in [5.74, 6) is -0.163. The minimum atomic E-state index is -0.803. The number of carbonyl (C=O) groups is 2. The quantitative estimate of drug-likeness (QED) is 0.485. The summed E-state index contributed by atoms with van der Waals surface area (Å²) in [5, 5.41) is 10.8. The van der Waals surface area contributed by atoms with Crippen molar-refractivity contribution in [3.05, 3.63) is 95.6 Å². The zero-order valence-electron chi connectivity index (χ0n) is 19.9. The summed E-state index contributed by atoms with van der Waals surface area (Å²) in [7, 11) is 0. The molecule has 3 heterocycles. The molecule has 3 aromatic rings. The van der Waals surface area contributed by atoms with Crippen molar-refractivity contribution in [1.82, 2.24) is 0 Å². The standard InChI is InChI=1S/C29H30N2O4/c1-20-15-17-30(18-16-20)22-10-12-23(13-11-22)31-27(25-8-5-19-35-25)26(28(33)29(31)34)24(32)14-9-21-6-3-2-4-7-21/h2-8,10-13,19-20,27,33H,9,14-18H2,1H3. The molecule has 0 saturated carbocycles. The van der Waals surface area contributed by atoms with Gasteiger partial charge in [-0.25, -0.2) is 0 Å². The van der Waals surface area contributed by atoms with Crippen LogP contribution in [0.15, 0.2) is 88.7 Å². The number of nitrogens with zero attached hydrogens (tertiary/aromatic N) is 2.